The van der Waals surface area contributed by atoms with Crippen molar-refractivity contribution in [3.05, 3.63) is 40.2 Å². The molecule has 176 valence electrons. The summed E-state index contributed by atoms with van der Waals surface area (Å²) >= 11 is 0. The van der Waals surface area contributed by atoms with Gasteiger partial charge in [0, 0.05) is 31.3 Å². The number of carbonyl (C=O) groups is 3. The molecule has 1 aromatic carbocycles. The number of aliphatic hydroxyl groups excluding tert-OH is 2. The van der Waals surface area contributed by atoms with Gasteiger partial charge in [-0.05, 0) is 57.5 Å². The zero-order chi connectivity index (χ0) is 24.6. The van der Waals surface area contributed by atoms with E-state index in [4.69, 9.17) is 0 Å². The first-order valence-corrected chi connectivity index (χ1v) is 10.7. The number of fused-ring (bicyclic) bond motifs is 3. The molecule has 9 nitrogen and oxygen atoms in total. The van der Waals surface area contributed by atoms with Crippen LogP contribution < -0.4 is 4.90 Å². The van der Waals surface area contributed by atoms with Crippen molar-refractivity contribution >= 4 is 28.8 Å². The van der Waals surface area contributed by atoms with Crippen molar-refractivity contribution in [3.63, 3.8) is 0 Å². The zero-order valence-electron chi connectivity index (χ0n) is 19.2. The van der Waals surface area contributed by atoms with E-state index in [1.807, 2.05) is 19.0 Å². The monoisotopic (exact) mass is 456 g/mol. The second-order valence-electron chi connectivity index (χ2n) is 9.51. The number of aliphatic hydroxyl groups is 3. The van der Waals surface area contributed by atoms with Crippen molar-refractivity contribution in [2.24, 2.45) is 11.8 Å². The number of benzene rings is 1. The summed E-state index contributed by atoms with van der Waals surface area (Å²) in [5.41, 5.74) is -1.75. The molecule has 1 unspecified atom stereocenters. The first-order valence-electron chi connectivity index (χ1n) is 10.7. The smallest absolute Gasteiger partial charge is 0.202 e. The summed E-state index contributed by atoms with van der Waals surface area (Å²) in [6, 6.07) is 2.12. The van der Waals surface area contributed by atoms with Crippen LogP contribution in [0.2, 0.25) is 0 Å². The quantitative estimate of drug-likeness (QED) is 0.493. The highest BCUT2D eigenvalue weighted by Crippen LogP contribution is 2.53. The third-order valence-electron chi connectivity index (χ3n) is 7.17. The van der Waals surface area contributed by atoms with Crippen LogP contribution >= 0.6 is 0 Å². The van der Waals surface area contributed by atoms with E-state index in [0.717, 1.165) is 12.6 Å². The number of hydrogen-bond donors (Lipinski definition) is 4. The summed E-state index contributed by atoms with van der Waals surface area (Å²) in [4.78, 5) is 42.4. The number of nitrogens with zero attached hydrogens (tertiary/aromatic N) is 2. The standard InChI is InChI=1S/C24H28N2O7/c1-10(27)16-21(30)19(26(4)5)13-9-11-8-12-14(25(2)3)6-7-15(28)18(12)20(29)17(11)23(32)24(13,33)22(16)31/h6-7,11,13,19,28-29,31,33H,8-9H2,1-5H3/t11?,13-,19+,24+/m0/s1. The van der Waals surface area contributed by atoms with Gasteiger partial charge in [-0.2, -0.15) is 0 Å². The number of ketones is 3. The Labute approximate surface area is 191 Å². The van der Waals surface area contributed by atoms with Crippen LogP contribution in [0.15, 0.2) is 29.0 Å². The largest absolute Gasteiger partial charge is 0.508 e. The van der Waals surface area contributed by atoms with Gasteiger partial charge >= 0.3 is 0 Å². The van der Waals surface area contributed by atoms with Crippen molar-refractivity contribution in [2.45, 2.75) is 31.4 Å². The van der Waals surface area contributed by atoms with E-state index in [1.54, 1.807) is 20.2 Å². The zero-order valence-corrected chi connectivity index (χ0v) is 19.2. The first-order chi connectivity index (χ1) is 15.3. The van der Waals surface area contributed by atoms with Crippen LogP contribution in [0.3, 0.4) is 0 Å². The average molecular weight is 456 g/mol. The number of hydrogen-bond acceptors (Lipinski definition) is 9. The summed E-state index contributed by atoms with van der Waals surface area (Å²) in [5.74, 6) is -5.60. The molecular formula is C24H28N2O7. The molecule has 0 heterocycles. The van der Waals surface area contributed by atoms with Crippen molar-refractivity contribution in [1.82, 2.24) is 4.90 Å². The number of anilines is 1. The van der Waals surface area contributed by atoms with Crippen LogP contribution in [0, 0.1) is 11.8 Å². The molecule has 3 aliphatic carbocycles. The fourth-order valence-corrected chi connectivity index (χ4v) is 5.75. The molecule has 0 aliphatic heterocycles. The number of likely N-dealkylation sites (N-methyl/N-ethyl adjacent to an activating group) is 1. The number of Topliss-reactive ketones (excluding diaryl/α,β-unsaturated/α-hetero) is 3. The minimum absolute atomic E-state index is 0.105. The maximum absolute atomic E-state index is 13.7. The number of carbonyl (C=O) groups excluding carboxylic acids is 3. The van der Waals surface area contributed by atoms with Crippen LogP contribution in [0.25, 0.3) is 5.76 Å². The molecule has 1 saturated carbocycles. The van der Waals surface area contributed by atoms with Crippen molar-refractivity contribution < 1.29 is 34.8 Å². The Kier molecular flexibility index (Phi) is 5.18. The highest BCUT2D eigenvalue weighted by atomic mass is 16.3. The minimum atomic E-state index is -2.55. The SMILES string of the molecule is CC(=O)C1=C(O)[C@@]2(O)C(=O)C3=C(O)c4c(O)ccc(N(C)C)c4CC3C[C@H]2[C@@H](N(C)C)C1=O. The number of rotatable bonds is 3. The van der Waals surface area contributed by atoms with Gasteiger partial charge in [0.1, 0.15) is 22.8 Å². The van der Waals surface area contributed by atoms with Gasteiger partial charge in [-0.3, -0.25) is 19.3 Å². The van der Waals surface area contributed by atoms with Crippen LogP contribution in [-0.4, -0.2) is 82.5 Å². The second kappa shape index (κ2) is 7.43. The minimum Gasteiger partial charge on any atom is -0.508 e. The molecule has 9 heteroatoms. The van der Waals surface area contributed by atoms with Gasteiger partial charge in [-0.1, -0.05) is 0 Å². The van der Waals surface area contributed by atoms with E-state index in [0.29, 0.717) is 5.56 Å². The Morgan fingerprint density at radius 1 is 1.09 bits per heavy atom. The van der Waals surface area contributed by atoms with Gasteiger partial charge in [-0.25, -0.2) is 0 Å². The highest BCUT2D eigenvalue weighted by molar-refractivity contribution is 6.25. The van der Waals surface area contributed by atoms with Gasteiger partial charge in [0.05, 0.1) is 11.6 Å². The van der Waals surface area contributed by atoms with Crippen molar-refractivity contribution in [3.8, 4) is 5.75 Å². The lowest BCUT2D eigenvalue weighted by molar-refractivity contribution is -0.153. The molecule has 0 radical (unpaired) electrons. The topological polar surface area (TPSA) is 139 Å². The summed E-state index contributed by atoms with van der Waals surface area (Å²) in [5, 5.41) is 44.1. The maximum atomic E-state index is 13.7. The summed E-state index contributed by atoms with van der Waals surface area (Å²) in [7, 11) is 6.85. The van der Waals surface area contributed by atoms with Crippen LogP contribution in [-0.2, 0) is 20.8 Å². The fourth-order valence-electron chi connectivity index (χ4n) is 5.75. The molecule has 0 bridgehead atoms. The molecule has 3 aliphatic rings. The lowest BCUT2D eigenvalue weighted by atomic mass is 9.57. The van der Waals surface area contributed by atoms with E-state index in [2.05, 4.69) is 0 Å². The van der Waals surface area contributed by atoms with Gasteiger partial charge in [-0.15, -0.1) is 0 Å². The molecular weight excluding hydrogens is 428 g/mol. The van der Waals surface area contributed by atoms with E-state index >= 15 is 0 Å². The number of phenols is 1. The van der Waals surface area contributed by atoms with Crippen molar-refractivity contribution in [1.29, 1.82) is 0 Å². The molecule has 4 N–H and O–H groups in total. The molecule has 4 rings (SSSR count). The number of aromatic hydroxyl groups is 1. The summed E-state index contributed by atoms with van der Waals surface area (Å²) in [6.07, 6.45) is 0.390. The molecule has 4 atom stereocenters. The fraction of sp³-hybridized carbons (Fsp3) is 0.458. The molecule has 1 fully saturated rings. The van der Waals surface area contributed by atoms with Crippen LogP contribution in [0.5, 0.6) is 5.75 Å². The summed E-state index contributed by atoms with van der Waals surface area (Å²) in [6.45, 7) is 1.09. The third kappa shape index (κ3) is 2.95. The third-order valence-corrected chi connectivity index (χ3v) is 7.17. The molecule has 0 amide bonds. The Balaban J connectivity index is 1.99. The lowest BCUT2D eigenvalue weighted by Crippen LogP contribution is -2.65. The van der Waals surface area contributed by atoms with Gasteiger partial charge in [0.15, 0.2) is 17.2 Å². The average Bonchev–Trinajstić information content (AvgIpc) is 2.70. The molecule has 33 heavy (non-hydrogen) atoms. The second-order valence-corrected chi connectivity index (χ2v) is 9.51. The molecule has 0 spiro atoms. The first kappa shape index (κ1) is 23.0. The van der Waals surface area contributed by atoms with Gasteiger partial charge < -0.3 is 25.3 Å². The highest BCUT2D eigenvalue weighted by Gasteiger charge is 2.64. The molecule has 1 aromatic rings. The Morgan fingerprint density at radius 3 is 2.27 bits per heavy atom. The Morgan fingerprint density at radius 2 is 1.73 bits per heavy atom. The van der Waals surface area contributed by atoms with Crippen LogP contribution in [0.1, 0.15) is 24.5 Å². The molecule has 0 aromatic heterocycles. The molecule has 0 saturated heterocycles. The number of phenolic OH excluding ortho intramolecular Hbond substituents is 1. The Bertz CT molecular complexity index is 1160. The normalized spacial score (nSPS) is 29.1. The summed E-state index contributed by atoms with van der Waals surface area (Å²) < 4.78 is 0. The Hall–Kier alpha value is -3.17. The maximum Gasteiger partial charge on any atom is 0.202 e. The van der Waals surface area contributed by atoms with Crippen LogP contribution in [0.4, 0.5) is 5.69 Å². The van der Waals surface area contributed by atoms with E-state index in [-0.39, 0.29) is 29.7 Å². The van der Waals surface area contributed by atoms with Gasteiger partial charge in [0.2, 0.25) is 5.78 Å². The predicted octanol–water partition coefficient (Wildman–Crippen LogP) is 1.13. The van der Waals surface area contributed by atoms with Gasteiger partial charge in [0.25, 0.3) is 0 Å². The van der Waals surface area contributed by atoms with E-state index in [9.17, 15) is 34.8 Å². The van der Waals surface area contributed by atoms with E-state index < -0.39 is 57.9 Å². The predicted molar refractivity (Wildman–Crippen MR) is 120 cm³/mol. The van der Waals surface area contributed by atoms with E-state index in [1.165, 1.54) is 11.0 Å². The van der Waals surface area contributed by atoms with Crippen molar-refractivity contribution in [2.75, 3.05) is 33.1 Å². The lowest BCUT2D eigenvalue weighted by Gasteiger charge is -2.50.